The van der Waals surface area contributed by atoms with Gasteiger partial charge in [0.25, 0.3) is 0 Å². The molecule has 1 aliphatic carbocycles. The first-order chi connectivity index (χ1) is 8.65. The fraction of sp³-hybridized carbons (Fsp3) is 0.400. The van der Waals surface area contributed by atoms with E-state index in [1.807, 2.05) is 6.20 Å². The second-order valence-electron chi connectivity index (χ2n) is 5.29. The minimum atomic E-state index is 0.181. The normalized spacial score (nSPS) is 15.2. The molecule has 0 aliphatic heterocycles. The van der Waals surface area contributed by atoms with Crippen LogP contribution in [0, 0.1) is 13.8 Å². The highest BCUT2D eigenvalue weighted by Gasteiger charge is 2.22. The predicted molar refractivity (Wildman–Crippen MR) is 73.1 cm³/mol. The summed E-state index contributed by atoms with van der Waals surface area (Å²) in [6.07, 6.45) is 4.26. The summed E-state index contributed by atoms with van der Waals surface area (Å²) < 4.78 is 0. The average Bonchev–Trinajstić information content (AvgIpc) is 3.04. The molecule has 0 atom stereocenters. The Labute approximate surface area is 107 Å². The zero-order chi connectivity index (χ0) is 12.7. The third kappa shape index (κ3) is 2.06. The Morgan fingerprint density at radius 1 is 1.39 bits per heavy atom. The van der Waals surface area contributed by atoms with Crippen molar-refractivity contribution in [1.29, 1.82) is 0 Å². The van der Waals surface area contributed by atoms with Gasteiger partial charge in [0.05, 0.1) is 6.54 Å². The quantitative estimate of drug-likeness (QED) is 0.810. The van der Waals surface area contributed by atoms with Crippen LogP contribution < -0.4 is 5.32 Å². The molecule has 1 heterocycles. The minimum Gasteiger partial charge on any atom is -0.360 e. The zero-order valence-corrected chi connectivity index (χ0v) is 10.8. The Bertz CT molecular complexity index is 608. The first-order valence-electron chi connectivity index (χ1n) is 6.50. The number of hydrogen-bond acceptors (Lipinski definition) is 2. The molecule has 0 saturated heterocycles. The lowest BCUT2D eigenvalue weighted by atomic mass is 10.0. The average molecular weight is 242 g/mol. The first-order valence-corrected chi connectivity index (χ1v) is 6.50. The Balaban J connectivity index is 1.93. The summed E-state index contributed by atoms with van der Waals surface area (Å²) in [6.45, 7) is 4.59. The lowest BCUT2D eigenvalue weighted by Crippen LogP contribution is -2.24. The largest absolute Gasteiger partial charge is 0.360 e. The van der Waals surface area contributed by atoms with E-state index in [1.165, 1.54) is 24.0 Å². The lowest BCUT2D eigenvalue weighted by molar-refractivity contribution is 0.0992. The Morgan fingerprint density at radius 2 is 2.17 bits per heavy atom. The van der Waals surface area contributed by atoms with Crippen LogP contribution in [0.5, 0.6) is 0 Å². The van der Waals surface area contributed by atoms with Gasteiger partial charge in [0.15, 0.2) is 5.78 Å². The van der Waals surface area contributed by atoms with Gasteiger partial charge in [-0.1, -0.05) is 6.07 Å². The molecule has 1 saturated carbocycles. The van der Waals surface area contributed by atoms with Crippen LogP contribution in [-0.2, 0) is 0 Å². The van der Waals surface area contributed by atoms with E-state index in [1.54, 1.807) is 0 Å². The second-order valence-corrected chi connectivity index (χ2v) is 5.29. The number of aromatic amines is 1. The number of carbonyl (C=O) groups excluding carboxylic acids is 1. The predicted octanol–water partition coefficient (Wildman–Crippen LogP) is 2.72. The monoisotopic (exact) mass is 242 g/mol. The molecule has 18 heavy (non-hydrogen) atoms. The van der Waals surface area contributed by atoms with Crippen LogP contribution in [0.25, 0.3) is 10.9 Å². The molecule has 3 rings (SSSR count). The van der Waals surface area contributed by atoms with E-state index in [0.29, 0.717) is 12.6 Å². The van der Waals surface area contributed by atoms with Crippen LogP contribution in [0.3, 0.4) is 0 Å². The topological polar surface area (TPSA) is 44.9 Å². The van der Waals surface area contributed by atoms with Crippen LogP contribution in [0.15, 0.2) is 18.3 Å². The molecular weight excluding hydrogens is 224 g/mol. The molecule has 3 nitrogen and oxygen atoms in total. The van der Waals surface area contributed by atoms with E-state index in [-0.39, 0.29) is 5.78 Å². The highest BCUT2D eigenvalue weighted by atomic mass is 16.1. The van der Waals surface area contributed by atoms with Gasteiger partial charge in [0.1, 0.15) is 0 Å². The van der Waals surface area contributed by atoms with Gasteiger partial charge >= 0.3 is 0 Å². The highest BCUT2D eigenvalue weighted by molar-refractivity contribution is 6.09. The van der Waals surface area contributed by atoms with Gasteiger partial charge in [0, 0.05) is 28.7 Å². The van der Waals surface area contributed by atoms with Crippen molar-refractivity contribution in [3.05, 3.63) is 35.0 Å². The lowest BCUT2D eigenvalue weighted by Gasteiger charge is -2.04. The van der Waals surface area contributed by atoms with Crippen LogP contribution >= 0.6 is 0 Å². The smallest absolute Gasteiger partial charge is 0.178 e. The number of nitrogens with one attached hydrogen (secondary N) is 2. The molecule has 0 radical (unpaired) electrons. The molecule has 0 amide bonds. The van der Waals surface area contributed by atoms with E-state index in [4.69, 9.17) is 0 Å². The number of Topliss-reactive ketones (excluding diaryl/α,β-unsaturated/α-hetero) is 1. The van der Waals surface area contributed by atoms with Crippen molar-refractivity contribution in [2.24, 2.45) is 0 Å². The number of rotatable bonds is 4. The standard InChI is InChI=1S/C15H18N2O/c1-9-5-10(2)15-12(7-17-13(15)6-9)14(18)8-16-11-3-4-11/h5-7,11,16-17H,3-4,8H2,1-2H3. The van der Waals surface area contributed by atoms with Crippen molar-refractivity contribution < 1.29 is 4.79 Å². The molecule has 1 aliphatic rings. The highest BCUT2D eigenvalue weighted by Crippen LogP contribution is 2.24. The summed E-state index contributed by atoms with van der Waals surface area (Å²) in [5.74, 6) is 0.181. The molecule has 1 fully saturated rings. The molecule has 1 aromatic heterocycles. The molecule has 1 aromatic carbocycles. The van der Waals surface area contributed by atoms with Gasteiger partial charge in [-0.15, -0.1) is 0 Å². The fourth-order valence-electron chi connectivity index (χ4n) is 2.50. The van der Waals surface area contributed by atoms with Crippen LogP contribution in [0.2, 0.25) is 0 Å². The van der Waals surface area contributed by atoms with Crippen LogP contribution in [0.1, 0.15) is 34.3 Å². The summed E-state index contributed by atoms with van der Waals surface area (Å²) in [6, 6.07) is 4.79. The van der Waals surface area contributed by atoms with E-state index >= 15 is 0 Å². The zero-order valence-electron chi connectivity index (χ0n) is 10.8. The van der Waals surface area contributed by atoms with Crippen molar-refractivity contribution in [2.75, 3.05) is 6.54 Å². The van der Waals surface area contributed by atoms with Gasteiger partial charge in [-0.3, -0.25) is 4.79 Å². The Hall–Kier alpha value is -1.61. The molecule has 0 spiro atoms. The fourth-order valence-corrected chi connectivity index (χ4v) is 2.50. The number of hydrogen-bond donors (Lipinski definition) is 2. The molecule has 94 valence electrons. The van der Waals surface area contributed by atoms with Crippen molar-refractivity contribution in [2.45, 2.75) is 32.7 Å². The summed E-state index contributed by atoms with van der Waals surface area (Å²) in [5.41, 5.74) is 4.26. The van der Waals surface area contributed by atoms with E-state index < -0.39 is 0 Å². The summed E-state index contributed by atoms with van der Waals surface area (Å²) >= 11 is 0. The summed E-state index contributed by atoms with van der Waals surface area (Å²) in [5, 5.41) is 4.35. The van der Waals surface area contributed by atoms with Crippen LogP contribution in [0.4, 0.5) is 0 Å². The van der Waals surface area contributed by atoms with E-state index in [2.05, 4.69) is 36.3 Å². The maximum Gasteiger partial charge on any atom is 0.178 e. The number of benzene rings is 1. The number of H-pyrrole nitrogens is 1. The van der Waals surface area contributed by atoms with E-state index in [9.17, 15) is 4.79 Å². The van der Waals surface area contributed by atoms with Crippen molar-refractivity contribution in [1.82, 2.24) is 10.3 Å². The molecule has 3 heteroatoms. The SMILES string of the molecule is Cc1cc(C)c2c(C(=O)CNC3CC3)c[nH]c2c1. The second kappa shape index (κ2) is 4.25. The van der Waals surface area contributed by atoms with Gasteiger partial charge in [0.2, 0.25) is 0 Å². The summed E-state index contributed by atoms with van der Waals surface area (Å²) in [7, 11) is 0. The van der Waals surface area contributed by atoms with Gasteiger partial charge in [-0.2, -0.15) is 0 Å². The maximum atomic E-state index is 12.2. The van der Waals surface area contributed by atoms with E-state index in [0.717, 1.165) is 16.5 Å². The number of fused-ring (bicyclic) bond motifs is 1. The van der Waals surface area contributed by atoms with Crippen molar-refractivity contribution in [3.8, 4) is 0 Å². The number of aromatic nitrogens is 1. The number of carbonyl (C=O) groups is 1. The number of aryl methyl sites for hydroxylation is 2. The molecule has 0 bridgehead atoms. The third-order valence-corrected chi connectivity index (χ3v) is 3.55. The Morgan fingerprint density at radius 3 is 2.89 bits per heavy atom. The maximum absolute atomic E-state index is 12.2. The van der Waals surface area contributed by atoms with Gasteiger partial charge in [-0.05, 0) is 43.9 Å². The van der Waals surface area contributed by atoms with Crippen molar-refractivity contribution in [3.63, 3.8) is 0 Å². The molecule has 0 unspecified atom stereocenters. The first kappa shape index (κ1) is 11.5. The van der Waals surface area contributed by atoms with Gasteiger partial charge in [-0.25, -0.2) is 0 Å². The number of ketones is 1. The Kier molecular flexibility index (Phi) is 2.71. The summed E-state index contributed by atoms with van der Waals surface area (Å²) in [4.78, 5) is 15.4. The van der Waals surface area contributed by atoms with Gasteiger partial charge < -0.3 is 10.3 Å². The molecular formula is C15H18N2O. The molecule has 2 aromatic rings. The third-order valence-electron chi connectivity index (χ3n) is 3.55. The minimum absolute atomic E-state index is 0.181. The molecule has 2 N–H and O–H groups in total. The van der Waals surface area contributed by atoms with Crippen LogP contribution in [-0.4, -0.2) is 23.4 Å². The van der Waals surface area contributed by atoms with Crippen molar-refractivity contribution >= 4 is 16.7 Å².